The number of hydrogen-bond acceptors (Lipinski definition) is 9. The third-order valence-corrected chi connectivity index (χ3v) is 10.3. The quantitative estimate of drug-likeness (QED) is 0.134. The normalized spacial score (nSPS) is 20.0. The van der Waals surface area contributed by atoms with Crippen molar-refractivity contribution in [2.24, 2.45) is 5.92 Å². The summed E-state index contributed by atoms with van der Waals surface area (Å²) in [5.41, 5.74) is -1.05. The first-order chi connectivity index (χ1) is 22.5. The number of nitrogens with one attached hydrogen (secondary N) is 2. The van der Waals surface area contributed by atoms with Gasteiger partial charge in [-0.15, -0.1) is 0 Å². The molecule has 3 aromatic rings. The number of nitrogens with zero attached hydrogens (tertiary/aromatic N) is 2. The number of aromatic nitrogens is 1. The first kappa shape index (κ1) is 32.8. The molecule has 1 aliphatic carbocycles. The number of carbonyl (C=O) groups excluding carboxylic acids is 3. The average Bonchev–Trinajstić information content (AvgIpc) is 3.80. The fourth-order valence-electron chi connectivity index (χ4n) is 6.56. The van der Waals surface area contributed by atoms with Crippen LogP contribution in [0.3, 0.4) is 0 Å². The summed E-state index contributed by atoms with van der Waals surface area (Å²) in [6.07, 6.45) is 5.15. The maximum atomic E-state index is 15.9. The first-order valence-corrected chi connectivity index (χ1v) is 17.2. The minimum Gasteiger partial charge on any atom is -0.492 e. The van der Waals surface area contributed by atoms with E-state index in [9.17, 15) is 33.5 Å². The Kier molecular flexibility index (Phi) is 9.21. The van der Waals surface area contributed by atoms with Gasteiger partial charge in [-0.25, -0.2) is 9.18 Å². The number of methoxy groups -OCH3 is 1. The standard InChI is InChI=1S/C32H36FN4O9P/c1-45-31-28-23(12-25(33)29(31)36-13-19-3-2-10-34-26(19)15-36)30(40)24(14-37(28)21-8-9-21)32(41)46-17-27(39)35-20-6-4-18(5-7-20)11-22(16-38)47(42,43)44/h4-7,12,14,16,19,21-22,26,34H,2-3,8-11,13,15,17H2,1H3,(H,35,39)(H2,42,43,44)/t19-,22?,26+/m0/s1. The second kappa shape index (κ2) is 13.2. The molecular weight excluding hydrogens is 634 g/mol. The molecule has 1 aromatic heterocycles. The summed E-state index contributed by atoms with van der Waals surface area (Å²) in [6.45, 7) is 1.49. The summed E-state index contributed by atoms with van der Waals surface area (Å²) in [6, 6.07) is 7.32. The number of rotatable bonds is 11. The molecule has 6 rings (SSSR count). The van der Waals surface area contributed by atoms with E-state index in [1.54, 1.807) is 4.57 Å². The van der Waals surface area contributed by atoms with Gasteiger partial charge in [-0.05, 0) is 68.3 Å². The molecule has 0 spiro atoms. The number of esters is 1. The van der Waals surface area contributed by atoms with E-state index in [1.807, 2.05) is 4.90 Å². The number of aldehydes is 1. The van der Waals surface area contributed by atoms with E-state index in [2.05, 4.69) is 10.6 Å². The summed E-state index contributed by atoms with van der Waals surface area (Å²) in [5, 5.41) is 6.04. The molecule has 250 valence electrons. The van der Waals surface area contributed by atoms with Gasteiger partial charge in [0.1, 0.15) is 23.2 Å². The molecule has 13 nitrogen and oxygen atoms in total. The first-order valence-electron chi connectivity index (χ1n) is 15.5. The highest BCUT2D eigenvalue weighted by molar-refractivity contribution is 7.53. The highest BCUT2D eigenvalue weighted by atomic mass is 31.2. The van der Waals surface area contributed by atoms with Crippen LogP contribution in [0.5, 0.6) is 5.75 Å². The van der Waals surface area contributed by atoms with Gasteiger partial charge >= 0.3 is 13.6 Å². The highest BCUT2D eigenvalue weighted by Gasteiger charge is 2.38. The second-order valence-electron chi connectivity index (χ2n) is 12.3. The van der Waals surface area contributed by atoms with Gasteiger partial charge in [-0.2, -0.15) is 0 Å². The lowest BCUT2D eigenvalue weighted by Crippen LogP contribution is -2.40. The van der Waals surface area contributed by atoms with Gasteiger partial charge in [0.15, 0.2) is 18.2 Å². The third-order valence-electron chi connectivity index (χ3n) is 9.08. The number of halogens is 1. The SMILES string of the molecule is COc1c(N2C[C@@H]3CCCN[C@@H]3C2)c(F)cc2c(=O)c(C(=O)OCC(=O)Nc3ccc(CC(C=O)P(=O)(O)O)cc3)cn(C3CC3)c12. The smallest absolute Gasteiger partial charge is 0.344 e. The van der Waals surface area contributed by atoms with Crippen molar-refractivity contribution in [3.05, 3.63) is 63.7 Å². The number of piperidine rings is 1. The number of carbonyl (C=O) groups is 3. The van der Waals surface area contributed by atoms with E-state index in [0.717, 1.165) is 38.3 Å². The number of ether oxygens (including phenoxy) is 2. The number of hydrogen-bond donors (Lipinski definition) is 4. The van der Waals surface area contributed by atoms with Gasteiger partial charge < -0.3 is 44.2 Å². The molecule has 0 bridgehead atoms. The van der Waals surface area contributed by atoms with Gasteiger partial charge in [0, 0.05) is 37.1 Å². The Bertz CT molecular complexity index is 1810. The van der Waals surface area contributed by atoms with Crippen LogP contribution >= 0.6 is 7.60 Å². The molecule has 1 unspecified atom stereocenters. The number of anilines is 2. The number of benzene rings is 2. The van der Waals surface area contributed by atoms with Gasteiger partial charge in [-0.3, -0.25) is 14.2 Å². The minimum absolute atomic E-state index is 0.0145. The van der Waals surface area contributed by atoms with Crippen LogP contribution in [0.25, 0.3) is 10.9 Å². The van der Waals surface area contributed by atoms with Crippen LogP contribution in [0.2, 0.25) is 0 Å². The number of pyridine rings is 1. The zero-order valence-corrected chi connectivity index (χ0v) is 26.6. The Balaban J connectivity index is 1.19. The monoisotopic (exact) mass is 670 g/mol. The molecule has 2 aliphatic heterocycles. The van der Waals surface area contributed by atoms with Crippen LogP contribution in [-0.2, 0) is 25.3 Å². The lowest BCUT2D eigenvalue weighted by molar-refractivity contribution is -0.119. The van der Waals surface area contributed by atoms with E-state index in [1.165, 1.54) is 37.6 Å². The Morgan fingerprint density at radius 2 is 1.94 bits per heavy atom. The molecule has 3 atom stereocenters. The van der Waals surface area contributed by atoms with Crippen LogP contribution in [0.1, 0.15) is 47.6 Å². The highest BCUT2D eigenvalue weighted by Crippen LogP contribution is 2.45. The minimum atomic E-state index is -4.60. The topological polar surface area (TPSA) is 176 Å². The van der Waals surface area contributed by atoms with Crippen LogP contribution < -0.4 is 25.7 Å². The van der Waals surface area contributed by atoms with Crippen LogP contribution in [0.15, 0.2) is 41.3 Å². The lowest BCUT2D eigenvalue weighted by atomic mass is 9.94. The molecule has 0 radical (unpaired) electrons. The van der Waals surface area contributed by atoms with Crippen molar-refractivity contribution >= 4 is 48.0 Å². The Morgan fingerprint density at radius 1 is 1.19 bits per heavy atom. The second-order valence-corrected chi connectivity index (χ2v) is 14.2. The van der Waals surface area contributed by atoms with E-state index < -0.39 is 43.0 Å². The Labute approximate surface area is 269 Å². The molecule has 3 fully saturated rings. The van der Waals surface area contributed by atoms with Gasteiger partial charge in [0.25, 0.3) is 5.91 Å². The predicted octanol–water partition coefficient (Wildman–Crippen LogP) is 2.76. The van der Waals surface area contributed by atoms with Crippen molar-refractivity contribution in [3.8, 4) is 5.75 Å². The molecule has 4 N–H and O–H groups in total. The van der Waals surface area contributed by atoms with Crippen molar-refractivity contribution in [1.82, 2.24) is 9.88 Å². The number of amides is 1. The molecule has 3 aliphatic rings. The van der Waals surface area contributed by atoms with Gasteiger partial charge in [-0.1, -0.05) is 12.1 Å². The summed E-state index contributed by atoms with van der Waals surface area (Å²) in [5.74, 6) is -1.72. The van der Waals surface area contributed by atoms with Crippen molar-refractivity contribution < 1.29 is 42.6 Å². The molecule has 2 saturated heterocycles. The molecule has 3 heterocycles. The Hall–Kier alpha value is -4.10. The van der Waals surface area contributed by atoms with Crippen LogP contribution in [0, 0.1) is 11.7 Å². The largest absolute Gasteiger partial charge is 0.492 e. The average molecular weight is 671 g/mol. The molecule has 1 saturated carbocycles. The van der Waals surface area contributed by atoms with E-state index in [-0.39, 0.29) is 41.5 Å². The van der Waals surface area contributed by atoms with Crippen molar-refractivity contribution in [3.63, 3.8) is 0 Å². The zero-order valence-electron chi connectivity index (χ0n) is 25.7. The van der Waals surface area contributed by atoms with E-state index in [4.69, 9.17) is 9.47 Å². The maximum absolute atomic E-state index is 15.9. The molecular formula is C32H36FN4O9P. The molecule has 1 amide bonds. The van der Waals surface area contributed by atoms with E-state index in [0.29, 0.717) is 41.5 Å². The molecule has 2 aromatic carbocycles. The molecule has 15 heteroatoms. The van der Waals surface area contributed by atoms with Crippen LogP contribution in [0.4, 0.5) is 15.8 Å². The fraction of sp³-hybridized carbons (Fsp3) is 0.438. The fourth-order valence-corrected chi connectivity index (χ4v) is 7.17. The maximum Gasteiger partial charge on any atom is 0.344 e. The van der Waals surface area contributed by atoms with Crippen molar-refractivity contribution in [1.29, 1.82) is 0 Å². The predicted molar refractivity (Wildman–Crippen MR) is 171 cm³/mol. The summed E-state index contributed by atoms with van der Waals surface area (Å²) >= 11 is 0. The van der Waals surface area contributed by atoms with E-state index >= 15 is 4.39 Å². The summed E-state index contributed by atoms with van der Waals surface area (Å²) in [4.78, 5) is 70.9. The van der Waals surface area contributed by atoms with Gasteiger partial charge in [0.2, 0.25) is 5.43 Å². The number of fused-ring (bicyclic) bond motifs is 2. The zero-order chi connectivity index (χ0) is 33.5. The summed E-state index contributed by atoms with van der Waals surface area (Å²) in [7, 11) is -3.16. The van der Waals surface area contributed by atoms with Crippen molar-refractivity contribution in [2.75, 3.05) is 43.6 Å². The Morgan fingerprint density at radius 3 is 2.57 bits per heavy atom. The van der Waals surface area contributed by atoms with Gasteiger partial charge in [0.05, 0.1) is 18.0 Å². The molecule has 47 heavy (non-hydrogen) atoms. The van der Waals surface area contributed by atoms with Crippen LogP contribution in [-0.4, -0.2) is 77.6 Å². The summed E-state index contributed by atoms with van der Waals surface area (Å²) < 4.78 is 40.0. The third kappa shape index (κ3) is 6.82. The van der Waals surface area contributed by atoms with Crippen molar-refractivity contribution in [2.45, 2.75) is 49.8 Å². The lowest BCUT2D eigenvalue weighted by Gasteiger charge is -2.25.